The van der Waals surface area contributed by atoms with Gasteiger partial charge in [-0.2, -0.15) is 5.26 Å². The van der Waals surface area contributed by atoms with E-state index in [9.17, 15) is 34.6 Å². The number of carbonyl (C=O) groups is 4. The van der Waals surface area contributed by atoms with E-state index in [-0.39, 0.29) is 33.9 Å². The number of anilines is 1. The monoisotopic (exact) mass is 396 g/mol. The second-order valence-electron chi connectivity index (χ2n) is 6.11. The standard InChI is InChI=1S/C18H12N4O7/c1-8(23)14-9(2)29-16(11(14)6-19)20-13(24)7-21-17(25)10-4-3-5-12(22(27)28)15(10)18(21)26/h3-5H,7H2,1-2H3,(H,20,24). The molecule has 3 amide bonds. The Labute approximate surface area is 162 Å². The number of nitro benzene ring substituents is 1. The van der Waals surface area contributed by atoms with Crippen molar-refractivity contribution in [1.29, 1.82) is 5.26 Å². The number of nitrogens with one attached hydrogen (secondary N) is 1. The number of rotatable bonds is 5. The second kappa shape index (κ2) is 7.01. The Morgan fingerprint density at radius 3 is 2.59 bits per heavy atom. The summed E-state index contributed by atoms with van der Waals surface area (Å²) in [6.45, 7) is 1.91. The average Bonchev–Trinajstić information content (AvgIpc) is 3.10. The van der Waals surface area contributed by atoms with Crippen molar-refractivity contribution >= 4 is 35.1 Å². The smallest absolute Gasteiger partial charge is 0.282 e. The molecule has 1 aliphatic rings. The van der Waals surface area contributed by atoms with E-state index < -0.39 is 40.7 Å². The van der Waals surface area contributed by atoms with Gasteiger partial charge in [0.05, 0.1) is 16.1 Å². The molecule has 0 unspecified atom stereocenters. The molecule has 0 bridgehead atoms. The first kappa shape index (κ1) is 19.4. The summed E-state index contributed by atoms with van der Waals surface area (Å²) in [6, 6.07) is 5.37. The Morgan fingerprint density at radius 1 is 1.31 bits per heavy atom. The molecule has 1 N–H and O–H groups in total. The van der Waals surface area contributed by atoms with E-state index in [1.807, 2.05) is 0 Å². The van der Waals surface area contributed by atoms with Crippen molar-refractivity contribution in [3.8, 4) is 6.07 Å². The number of amides is 3. The first-order chi connectivity index (χ1) is 13.7. The van der Waals surface area contributed by atoms with Crippen LogP contribution in [0.3, 0.4) is 0 Å². The third-order valence-electron chi connectivity index (χ3n) is 4.28. The molecule has 0 atom stereocenters. The minimum atomic E-state index is -0.979. The van der Waals surface area contributed by atoms with E-state index in [1.54, 1.807) is 6.07 Å². The molecule has 11 heteroatoms. The highest BCUT2D eigenvalue weighted by Gasteiger charge is 2.41. The topological polar surface area (TPSA) is 164 Å². The van der Waals surface area contributed by atoms with Gasteiger partial charge < -0.3 is 4.42 Å². The lowest BCUT2D eigenvalue weighted by atomic mass is 10.1. The van der Waals surface area contributed by atoms with Crippen molar-refractivity contribution in [3.05, 3.63) is 56.3 Å². The lowest BCUT2D eigenvalue weighted by Crippen LogP contribution is -2.37. The average molecular weight is 396 g/mol. The van der Waals surface area contributed by atoms with Gasteiger partial charge in [0.15, 0.2) is 5.78 Å². The Balaban J connectivity index is 1.85. The highest BCUT2D eigenvalue weighted by Crippen LogP contribution is 2.31. The van der Waals surface area contributed by atoms with Crippen molar-refractivity contribution in [3.63, 3.8) is 0 Å². The van der Waals surface area contributed by atoms with Gasteiger partial charge in [-0.15, -0.1) is 0 Å². The van der Waals surface area contributed by atoms with Gasteiger partial charge >= 0.3 is 0 Å². The van der Waals surface area contributed by atoms with E-state index >= 15 is 0 Å². The number of hydrogen-bond acceptors (Lipinski definition) is 8. The zero-order chi connectivity index (χ0) is 21.5. The van der Waals surface area contributed by atoms with Gasteiger partial charge in [-0.1, -0.05) is 6.07 Å². The Kier molecular flexibility index (Phi) is 4.69. The van der Waals surface area contributed by atoms with Crippen LogP contribution >= 0.6 is 0 Å². The fourth-order valence-electron chi connectivity index (χ4n) is 3.08. The van der Waals surface area contributed by atoms with Crippen LogP contribution < -0.4 is 5.32 Å². The number of imide groups is 1. The lowest BCUT2D eigenvalue weighted by Gasteiger charge is -2.12. The molecule has 1 aliphatic heterocycles. The van der Waals surface area contributed by atoms with Crippen LogP contribution in [0.25, 0.3) is 0 Å². The number of nitriles is 1. The molecule has 29 heavy (non-hydrogen) atoms. The lowest BCUT2D eigenvalue weighted by molar-refractivity contribution is -0.385. The molecule has 0 fully saturated rings. The van der Waals surface area contributed by atoms with Crippen molar-refractivity contribution < 1.29 is 28.5 Å². The fourth-order valence-corrected chi connectivity index (χ4v) is 3.08. The van der Waals surface area contributed by atoms with Gasteiger partial charge in [0, 0.05) is 6.07 Å². The molecule has 0 spiro atoms. The van der Waals surface area contributed by atoms with E-state index in [2.05, 4.69) is 5.32 Å². The van der Waals surface area contributed by atoms with Gasteiger partial charge in [0.2, 0.25) is 11.8 Å². The number of carbonyl (C=O) groups excluding carboxylic acids is 4. The van der Waals surface area contributed by atoms with Crippen LogP contribution in [0.15, 0.2) is 22.6 Å². The zero-order valence-corrected chi connectivity index (χ0v) is 15.1. The van der Waals surface area contributed by atoms with Crippen molar-refractivity contribution in [1.82, 2.24) is 4.90 Å². The van der Waals surface area contributed by atoms with Crippen LogP contribution in [-0.2, 0) is 4.79 Å². The second-order valence-corrected chi connectivity index (χ2v) is 6.11. The molecule has 146 valence electrons. The van der Waals surface area contributed by atoms with Gasteiger partial charge in [0.25, 0.3) is 17.5 Å². The van der Waals surface area contributed by atoms with Crippen molar-refractivity contribution in [2.24, 2.45) is 0 Å². The molecule has 2 aromatic rings. The van der Waals surface area contributed by atoms with Gasteiger partial charge in [0.1, 0.15) is 29.5 Å². The maximum atomic E-state index is 12.5. The summed E-state index contributed by atoms with van der Waals surface area (Å²) in [4.78, 5) is 59.8. The number of furan rings is 1. The molecule has 1 aromatic carbocycles. The number of benzene rings is 1. The minimum Gasteiger partial charge on any atom is -0.443 e. The largest absolute Gasteiger partial charge is 0.443 e. The number of nitrogens with zero attached hydrogens (tertiary/aromatic N) is 3. The zero-order valence-electron chi connectivity index (χ0n) is 15.1. The van der Waals surface area contributed by atoms with Crippen LogP contribution in [0, 0.1) is 28.4 Å². The van der Waals surface area contributed by atoms with E-state index in [0.29, 0.717) is 4.90 Å². The van der Waals surface area contributed by atoms with Crippen LogP contribution in [0.1, 0.15) is 49.3 Å². The first-order valence-corrected chi connectivity index (χ1v) is 8.15. The predicted molar refractivity (Wildman–Crippen MR) is 95.3 cm³/mol. The molecule has 3 rings (SSSR count). The van der Waals surface area contributed by atoms with Crippen LogP contribution in [0.4, 0.5) is 11.6 Å². The number of ketones is 1. The molecular formula is C18H12N4O7. The Morgan fingerprint density at radius 2 is 2.00 bits per heavy atom. The van der Waals surface area contributed by atoms with Crippen molar-refractivity contribution in [2.45, 2.75) is 13.8 Å². The maximum absolute atomic E-state index is 12.5. The molecule has 0 radical (unpaired) electrons. The maximum Gasteiger partial charge on any atom is 0.282 e. The molecule has 0 saturated heterocycles. The fraction of sp³-hybridized carbons (Fsp3) is 0.167. The number of hydrogen-bond donors (Lipinski definition) is 1. The third kappa shape index (κ3) is 3.12. The summed E-state index contributed by atoms with van der Waals surface area (Å²) in [5.41, 5.74) is -1.27. The molecule has 2 heterocycles. The molecular weight excluding hydrogens is 384 g/mol. The predicted octanol–water partition coefficient (Wildman–Crippen LogP) is 1.81. The van der Waals surface area contributed by atoms with Crippen LogP contribution in [0.2, 0.25) is 0 Å². The summed E-state index contributed by atoms with van der Waals surface area (Å²) in [7, 11) is 0. The molecule has 11 nitrogen and oxygen atoms in total. The summed E-state index contributed by atoms with van der Waals surface area (Å²) >= 11 is 0. The first-order valence-electron chi connectivity index (χ1n) is 8.15. The molecule has 1 aromatic heterocycles. The Bertz CT molecular complexity index is 1160. The summed E-state index contributed by atoms with van der Waals surface area (Å²) in [5, 5.41) is 22.6. The van der Waals surface area contributed by atoms with Gasteiger partial charge in [-0.05, 0) is 19.9 Å². The Hall–Kier alpha value is -4.33. The summed E-state index contributed by atoms with van der Waals surface area (Å²) in [5.74, 6) is -3.32. The highest BCUT2D eigenvalue weighted by molar-refractivity contribution is 6.24. The molecule has 0 saturated carbocycles. The number of Topliss-reactive ketones (excluding diaryl/α,β-unsaturated/α-hetero) is 1. The normalized spacial score (nSPS) is 12.5. The van der Waals surface area contributed by atoms with Gasteiger partial charge in [-0.25, -0.2) is 0 Å². The molecule has 0 aliphatic carbocycles. The summed E-state index contributed by atoms with van der Waals surface area (Å²) in [6.07, 6.45) is 0. The van der Waals surface area contributed by atoms with E-state index in [0.717, 1.165) is 6.07 Å². The quantitative estimate of drug-likeness (QED) is 0.346. The van der Waals surface area contributed by atoms with E-state index in [4.69, 9.17) is 4.42 Å². The number of nitro groups is 1. The minimum absolute atomic E-state index is 0.0131. The van der Waals surface area contributed by atoms with Crippen LogP contribution in [0.5, 0.6) is 0 Å². The number of fused-ring (bicyclic) bond motifs is 1. The van der Waals surface area contributed by atoms with Gasteiger partial charge in [-0.3, -0.25) is 39.5 Å². The highest BCUT2D eigenvalue weighted by atomic mass is 16.6. The summed E-state index contributed by atoms with van der Waals surface area (Å²) < 4.78 is 5.25. The SMILES string of the molecule is CC(=O)c1c(C)oc(NC(=O)CN2C(=O)c3cccc([N+](=O)[O-])c3C2=O)c1C#N. The number of aryl methyl sites for hydroxylation is 1. The van der Waals surface area contributed by atoms with E-state index in [1.165, 1.54) is 26.0 Å². The van der Waals surface area contributed by atoms with Crippen LogP contribution in [-0.4, -0.2) is 39.9 Å². The van der Waals surface area contributed by atoms with Crippen molar-refractivity contribution in [2.75, 3.05) is 11.9 Å². The third-order valence-corrected chi connectivity index (χ3v) is 4.28.